The monoisotopic (exact) mass is 360 g/mol. The first kappa shape index (κ1) is 20.3. The van der Waals surface area contributed by atoms with Crippen molar-refractivity contribution in [2.75, 3.05) is 6.61 Å². The highest BCUT2D eigenvalue weighted by Gasteiger charge is 2.28. The van der Waals surface area contributed by atoms with E-state index in [-0.39, 0.29) is 23.8 Å². The SMILES string of the molecule is CCOc1ccc(C(=O)NC(C(=O)NC2CCC(C)CC2)C(C)C)cc1. The van der Waals surface area contributed by atoms with E-state index in [0.717, 1.165) is 37.4 Å². The first-order valence-electron chi connectivity index (χ1n) is 9.74. The predicted molar refractivity (Wildman–Crippen MR) is 103 cm³/mol. The van der Waals surface area contributed by atoms with Gasteiger partial charge in [0.1, 0.15) is 11.8 Å². The number of ether oxygens (including phenoxy) is 1. The van der Waals surface area contributed by atoms with E-state index in [1.807, 2.05) is 20.8 Å². The molecule has 1 aromatic rings. The summed E-state index contributed by atoms with van der Waals surface area (Å²) in [7, 11) is 0. The average molecular weight is 360 g/mol. The van der Waals surface area contributed by atoms with E-state index < -0.39 is 6.04 Å². The summed E-state index contributed by atoms with van der Waals surface area (Å²) < 4.78 is 5.39. The van der Waals surface area contributed by atoms with Gasteiger partial charge in [-0.1, -0.05) is 20.8 Å². The number of amides is 2. The highest BCUT2D eigenvalue weighted by Crippen LogP contribution is 2.23. The van der Waals surface area contributed by atoms with Gasteiger partial charge in [0.05, 0.1) is 6.61 Å². The van der Waals surface area contributed by atoms with Crippen LogP contribution >= 0.6 is 0 Å². The second-order valence-electron chi connectivity index (χ2n) is 7.62. The largest absolute Gasteiger partial charge is 0.494 e. The molecule has 0 bridgehead atoms. The third kappa shape index (κ3) is 5.75. The van der Waals surface area contributed by atoms with Gasteiger partial charge in [-0.05, 0) is 68.7 Å². The van der Waals surface area contributed by atoms with Gasteiger partial charge in [-0.25, -0.2) is 0 Å². The second-order valence-corrected chi connectivity index (χ2v) is 7.62. The average Bonchev–Trinajstić information content (AvgIpc) is 2.62. The van der Waals surface area contributed by atoms with E-state index in [9.17, 15) is 9.59 Å². The molecule has 0 spiro atoms. The molecule has 0 aliphatic heterocycles. The number of rotatable bonds is 7. The minimum atomic E-state index is -0.534. The predicted octanol–water partition coefficient (Wildman–Crippen LogP) is 3.53. The minimum absolute atomic E-state index is 0.0177. The lowest BCUT2D eigenvalue weighted by Crippen LogP contribution is -2.52. The summed E-state index contributed by atoms with van der Waals surface area (Å²) in [5, 5.41) is 6.02. The number of hydrogen-bond donors (Lipinski definition) is 2. The first-order chi connectivity index (χ1) is 12.4. The first-order valence-corrected chi connectivity index (χ1v) is 9.74. The zero-order valence-electron chi connectivity index (χ0n) is 16.4. The normalized spacial score (nSPS) is 21.1. The Morgan fingerprint density at radius 3 is 2.27 bits per heavy atom. The van der Waals surface area contributed by atoms with Gasteiger partial charge < -0.3 is 15.4 Å². The summed E-state index contributed by atoms with van der Waals surface area (Å²) in [5.41, 5.74) is 0.526. The third-order valence-electron chi connectivity index (χ3n) is 5.03. The third-order valence-corrected chi connectivity index (χ3v) is 5.03. The zero-order chi connectivity index (χ0) is 19.1. The fraction of sp³-hybridized carbons (Fsp3) is 0.619. The van der Waals surface area contributed by atoms with Gasteiger partial charge in [0.15, 0.2) is 0 Å². The van der Waals surface area contributed by atoms with Gasteiger partial charge in [-0.3, -0.25) is 9.59 Å². The van der Waals surface area contributed by atoms with Gasteiger partial charge in [0.2, 0.25) is 5.91 Å². The summed E-state index contributed by atoms with van der Waals surface area (Å²) >= 11 is 0. The molecule has 0 radical (unpaired) electrons. The van der Waals surface area contributed by atoms with Crippen LogP contribution in [-0.4, -0.2) is 30.5 Å². The Morgan fingerprint density at radius 2 is 1.73 bits per heavy atom. The Kier molecular flexibility index (Phi) is 7.49. The smallest absolute Gasteiger partial charge is 0.251 e. The van der Waals surface area contributed by atoms with Crippen molar-refractivity contribution >= 4 is 11.8 Å². The summed E-state index contributed by atoms with van der Waals surface area (Å²) in [4.78, 5) is 25.2. The molecule has 2 N–H and O–H groups in total. The quantitative estimate of drug-likeness (QED) is 0.781. The topological polar surface area (TPSA) is 67.4 Å². The van der Waals surface area contributed by atoms with Crippen LogP contribution in [0.1, 0.15) is 63.7 Å². The lowest BCUT2D eigenvalue weighted by Gasteiger charge is -2.29. The minimum Gasteiger partial charge on any atom is -0.494 e. The van der Waals surface area contributed by atoms with Crippen LogP contribution < -0.4 is 15.4 Å². The lowest BCUT2D eigenvalue weighted by atomic mass is 9.87. The molecule has 5 nitrogen and oxygen atoms in total. The van der Waals surface area contributed by atoms with Crippen LogP contribution in [0.4, 0.5) is 0 Å². The molecule has 1 aliphatic carbocycles. The zero-order valence-corrected chi connectivity index (χ0v) is 16.4. The number of carbonyl (C=O) groups excluding carboxylic acids is 2. The molecule has 144 valence electrons. The van der Waals surface area contributed by atoms with Crippen molar-refractivity contribution in [2.45, 2.75) is 65.5 Å². The maximum atomic E-state index is 12.7. The van der Waals surface area contributed by atoms with E-state index in [0.29, 0.717) is 12.2 Å². The maximum Gasteiger partial charge on any atom is 0.251 e. The molecule has 0 heterocycles. The molecule has 1 saturated carbocycles. The summed E-state index contributed by atoms with van der Waals surface area (Å²) in [6.07, 6.45) is 4.33. The molecule has 1 atom stereocenters. The molecule has 2 amide bonds. The van der Waals surface area contributed by atoms with E-state index in [4.69, 9.17) is 4.74 Å². The van der Waals surface area contributed by atoms with Crippen LogP contribution in [0.15, 0.2) is 24.3 Å². The molecule has 5 heteroatoms. The highest BCUT2D eigenvalue weighted by atomic mass is 16.5. The molecule has 1 aliphatic rings. The molecule has 1 fully saturated rings. The molecular formula is C21H32N2O3. The van der Waals surface area contributed by atoms with Crippen LogP contribution in [-0.2, 0) is 4.79 Å². The van der Waals surface area contributed by atoms with Crippen LogP contribution in [0.5, 0.6) is 5.75 Å². The van der Waals surface area contributed by atoms with Crippen molar-refractivity contribution in [3.63, 3.8) is 0 Å². The summed E-state index contributed by atoms with van der Waals surface area (Å²) in [6, 6.07) is 6.67. The van der Waals surface area contributed by atoms with Crippen molar-refractivity contribution in [3.05, 3.63) is 29.8 Å². The standard InChI is InChI=1S/C21H32N2O3/c1-5-26-18-12-8-16(9-13-18)20(24)23-19(14(2)3)21(25)22-17-10-6-15(4)7-11-17/h8-9,12-15,17,19H,5-7,10-11H2,1-4H3,(H,22,25)(H,23,24). The number of benzene rings is 1. The lowest BCUT2D eigenvalue weighted by molar-refractivity contribution is -0.124. The van der Waals surface area contributed by atoms with Crippen LogP contribution in [0.25, 0.3) is 0 Å². The van der Waals surface area contributed by atoms with Crippen LogP contribution in [0.3, 0.4) is 0 Å². The van der Waals surface area contributed by atoms with Crippen molar-refractivity contribution in [3.8, 4) is 5.75 Å². The van der Waals surface area contributed by atoms with Crippen molar-refractivity contribution in [2.24, 2.45) is 11.8 Å². The molecular weight excluding hydrogens is 328 g/mol. The Hall–Kier alpha value is -2.04. The van der Waals surface area contributed by atoms with Crippen LogP contribution in [0, 0.1) is 11.8 Å². The molecule has 1 aromatic carbocycles. The molecule has 1 unspecified atom stereocenters. The van der Waals surface area contributed by atoms with E-state index in [1.54, 1.807) is 24.3 Å². The molecule has 0 aromatic heterocycles. The van der Waals surface area contributed by atoms with Gasteiger partial charge >= 0.3 is 0 Å². The van der Waals surface area contributed by atoms with E-state index >= 15 is 0 Å². The molecule has 0 saturated heterocycles. The van der Waals surface area contributed by atoms with Gasteiger partial charge in [-0.2, -0.15) is 0 Å². The van der Waals surface area contributed by atoms with Crippen molar-refractivity contribution in [1.29, 1.82) is 0 Å². The van der Waals surface area contributed by atoms with Gasteiger partial charge in [-0.15, -0.1) is 0 Å². The Bertz CT molecular complexity index is 590. The molecule has 2 rings (SSSR count). The summed E-state index contributed by atoms with van der Waals surface area (Å²) in [6.45, 7) is 8.66. The van der Waals surface area contributed by atoms with E-state index in [1.165, 1.54) is 0 Å². The summed E-state index contributed by atoms with van der Waals surface area (Å²) in [5.74, 6) is 1.17. The highest BCUT2D eigenvalue weighted by molar-refractivity contribution is 5.97. The maximum absolute atomic E-state index is 12.7. The van der Waals surface area contributed by atoms with Gasteiger partial charge in [0.25, 0.3) is 5.91 Å². The Labute approximate surface area is 156 Å². The number of nitrogens with one attached hydrogen (secondary N) is 2. The van der Waals surface area contributed by atoms with Gasteiger partial charge in [0, 0.05) is 11.6 Å². The fourth-order valence-electron chi connectivity index (χ4n) is 3.32. The van der Waals surface area contributed by atoms with Crippen molar-refractivity contribution in [1.82, 2.24) is 10.6 Å². The second kappa shape index (κ2) is 9.60. The van der Waals surface area contributed by atoms with Crippen LogP contribution in [0.2, 0.25) is 0 Å². The number of carbonyl (C=O) groups is 2. The molecule has 26 heavy (non-hydrogen) atoms. The van der Waals surface area contributed by atoms with E-state index in [2.05, 4.69) is 17.6 Å². The Morgan fingerprint density at radius 1 is 1.12 bits per heavy atom. The fourth-order valence-corrected chi connectivity index (χ4v) is 3.32. The van der Waals surface area contributed by atoms with Crippen molar-refractivity contribution < 1.29 is 14.3 Å². The Balaban J connectivity index is 1.95. The number of hydrogen-bond acceptors (Lipinski definition) is 3.